The minimum absolute atomic E-state index is 0.00397. The third kappa shape index (κ3) is 7.73. The topological polar surface area (TPSA) is 107 Å². The van der Waals surface area contributed by atoms with Gasteiger partial charge < -0.3 is 15.4 Å². The van der Waals surface area contributed by atoms with E-state index in [2.05, 4.69) is 30.9 Å². The summed E-state index contributed by atoms with van der Waals surface area (Å²) in [5, 5.41) is 14.0. The van der Waals surface area contributed by atoms with Crippen LogP contribution in [0.3, 0.4) is 0 Å². The summed E-state index contributed by atoms with van der Waals surface area (Å²) in [7, 11) is 0. The van der Waals surface area contributed by atoms with Crippen molar-refractivity contribution in [2.24, 2.45) is 0 Å². The average Bonchev–Trinajstić information content (AvgIpc) is 3.48. The molecule has 0 saturated heterocycles. The molecule has 3 heterocycles. The van der Waals surface area contributed by atoms with Crippen molar-refractivity contribution in [3.8, 4) is 22.9 Å². The highest BCUT2D eigenvalue weighted by Crippen LogP contribution is 2.31. The van der Waals surface area contributed by atoms with Crippen molar-refractivity contribution in [3.05, 3.63) is 108 Å². The van der Waals surface area contributed by atoms with Gasteiger partial charge in [0.25, 0.3) is 0 Å². The first-order valence-corrected chi connectivity index (χ1v) is 13.4. The summed E-state index contributed by atoms with van der Waals surface area (Å²) in [6.45, 7) is 3.96. The number of nitrogens with zero attached hydrogens (tertiary/aromatic N) is 5. The van der Waals surface area contributed by atoms with Crippen LogP contribution in [0.2, 0.25) is 0 Å². The first-order chi connectivity index (χ1) is 20.6. The lowest BCUT2D eigenvalue weighted by atomic mass is 10.1. The third-order valence-corrected chi connectivity index (χ3v) is 6.48. The van der Waals surface area contributed by atoms with Gasteiger partial charge in [-0.2, -0.15) is 13.2 Å². The van der Waals surface area contributed by atoms with Crippen LogP contribution in [0, 0.1) is 6.92 Å². The molecule has 5 rings (SSSR count). The van der Waals surface area contributed by atoms with Gasteiger partial charge in [-0.3, -0.25) is 4.79 Å². The SMILES string of the molecule is Cc1cc(Nc2cc(C(F)(F)F)ccn2)nc(-c2cn(C(C)C(=O)NCCc3ccc(Oc4ccccc4)cc3)nn2)c1. The van der Waals surface area contributed by atoms with Crippen LogP contribution >= 0.6 is 0 Å². The van der Waals surface area contributed by atoms with Gasteiger partial charge in [0, 0.05) is 12.7 Å². The van der Waals surface area contributed by atoms with E-state index in [-0.39, 0.29) is 11.7 Å². The van der Waals surface area contributed by atoms with Crippen molar-refractivity contribution < 1.29 is 22.7 Å². The number of pyridine rings is 2. The number of aryl methyl sites for hydroxylation is 1. The van der Waals surface area contributed by atoms with Crippen molar-refractivity contribution in [1.29, 1.82) is 0 Å². The lowest BCUT2D eigenvalue weighted by molar-refractivity contribution is -0.137. The summed E-state index contributed by atoms with van der Waals surface area (Å²) in [5.74, 6) is 1.56. The highest BCUT2D eigenvalue weighted by molar-refractivity contribution is 5.79. The molecule has 0 bridgehead atoms. The molecule has 43 heavy (non-hydrogen) atoms. The monoisotopic (exact) mass is 587 g/mol. The van der Waals surface area contributed by atoms with Gasteiger partial charge in [0.05, 0.1) is 17.5 Å². The Morgan fingerprint density at radius 2 is 1.70 bits per heavy atom. The number of amides is 1. The summed E-state index contributed by atoms with van der Waals surface area (Å²) < 4.78 is 46.5. The summed E-state index contributed by atoms with van der Waals surface area (Å²) >= 11 is 0. The molecule has 0 aliphatic rings. The first-order valence-electron chi connectivity index (χ1n) is 13.4. The van der Waals surface area contributed by atoms with Crippen molar-refractivity contribution in [2.75, 3.05) is 11.9 Å². The molecule has 3 aromatic heterocycles. The zero-order valence-electron chi connectivity index (χ0n) is 23.3. The van der Waals surface area contributed by atoms with Crippen LogP contribution in [0.15, 0.2) is 91.3 Å². The predicted molar refractivity (Wildman–Crippen MR) is 155 cm³/mol. The van der Waals surface area contributed by atoms with E-state index in [0.29, 0.717) is 30.2 Å². The van der Waals surface area contributed by atoms with Crippen molar-refractivity contribution in [3.63, 3.8) is 0 Å². The number of halogens is 3. The minimum atomic E-state index is -4.49. The second-order valence-electron chi connectivity index (χ2n) is 9.83. The molecule has 0 spiro atoms. The van der Waals surface area contributed by atoms with Crippen LogP contribution in [-0.4, -0.2) is 37.4 Å². The van der Waals surface area contributed by atoms with Gasteiger partial charge in [-0.25, -0.2) is 14.6 Å². The predicted octanol–water partition coefficient (Wildman–Crippen LogP) is 6.52. The van der Waals surface area contributed by atoms with Gasteiger partial charge in [-0.15, -0.1) is 5.10 Å². The lowest BCUT2D eigenvalue weighted by Gasteiger charge is -2.12. The molecule has 1 unspecified atom stereocenters. The summed E-state index contributed by atoms with van der Waals surface area (Å²) in [4.78, 5) is 21.2. The van der Waals surface area contributed by atoms with E-state index in [9.17, 15) is 18.0 Å². The fourth-order valence-corrected chi connectivity index (χ4v) is 4.20. The molecule has 0 aliphatic heterocycles. The van der Waals surface area contributed by atoms with Crippen molar-refractivity contribution in [2.45, 2.75) is 32.5 Å². The fraction of sp³-hybridized carbons (Fsp3) is 0.194. The number of rotatable bonds is 10. The standard InChI is InChI=1S/C31H28F3N7O2/c1-20-16-26(37-29(17-20)38-28-18-23(13-15-35-28)31(32,33)34)27-19-41(40-39-27)21(2)30(42)36-14-12-22-8-10-25(11-9-22)43-24-6-4-3-5-7-24/h3-11,13,15-19,21H,12,14H2,1-2H3,(H,36,42)(H,35,37,38). The normalized spacial score (nSPS) is 12.0. The van der Waals surface area contributed by atoms with Crippen LogP contribution in [0.5, 0.6) is 11.5 Å². The highest BCUT2D eigenvalue weighted by Gasteiger charge is 2.30. The van der Waals surface area contributed by atoms with Crippen molar-refractivity contribution in [1.82, 2.24) is 30.3 Å². The molecule has 9 nitrogen and oxygen atoms in total. The van der Waals surface area contributed by atoms with Gasteiger partial charge in [-0.05, 0) is 79.9 Å². The molecule has 0 fully saturated rings. The number of alkyl halides is 3. The number of carbonyl (C=O) groups excluding carboxylic acids is 1. The molecule has 2 N–H and O–H groups in total. The number of nitrogens with one attached hydrogen (secondary N) is 2. The van der Waals surface area contributed by atoms with Gasteiger partial charge in [0.1, 0.15) is 34.9 Å². The molecule has 5 aromatic rings. The molecule has 220 valence electrons. The zero-order valence-corrected chi connectivity index (χ0v) is 23.3. The average molecular weight is 588 g/mol. The van der Waals surface area contributed by atoms with E-state index >= 15 is 0 Å². The molecular weight excluding hydrogens is 559 g/mol. The Hall–Kier alpha value is -5.26. The quantitative estimate of drug-likeness (QED) is 0.192. The number of ether oxygens (including phenoxy) is 1. The maximum atomic E-state index is 13.1. The van der Waals surface area contributed by atoms with Gasteiger partial charge >= 0.3 is 6.18 Å². The Morgan fingerprint density at radius 3 is 2.44 bits per heavy atom. The Kier molecular flexibility index (Phi) is 8.65. The fourth-order valence-electron chi connectivity index (χ4n) is 4.20. The molecule has 12 heteroatoms. The van der Waals surface area contributed by atoms with E-state index in [1.54, 1.807) is 25.3 Å². The Bertz CT molecular complexity index is 1690. The summed E-state index contributed by atoms with van der Waals surface area (Å²) in [6.07, 6.45) is -1.17. The first kappa shape index (κ1) is 29.2. The van der Waals surface area contributed by atoms with Crippen molar-refractivity contribution >= 4 is 17.5 Å². The van der Waals surface area contributed by atoms with E-state index in [1.165, 1.54) is 4.68 Å². The molecule has 2 aromatic carbocycles. The van der Waals surface area contributed by atoms with Crippen LogP contribution < -0.4 is 15.4 Å². The molecule has 1 amide bonds. The molecule has 0 aliphatic carbocycles. The summed E-state index contributed by atoms with van der Waals surface area (Å²) in [5.41, 5.74) is 1.86. The number of anilines is 2. The third-order valence-electron chi connectivity index (χ3n) is 6.48. The Balaban J connectivity index is 1.17. The van der Waals surface area contributed by atoms with E-state index in [1.807, 2.05) is 61.5 Å². The van der Waals surface area contributed by atoms with Crippen LogP contribution in [0.25, 0.3) is 11.4 Å². The lowest BCUT2D eigenvalue weighted by Crippen LogP contribution is -2.32. The highest BCUT2D eigenvalue weighted by atomic mass is 19.4. The Morgan fingerprint density at radius 1 is 0.953 bits per heavy atom. The smallest absolute Gasteiger partial charge is 0.416 e. The largest absolute Gasteiger partial charge is 0.457 e. The maximum Gasteiger partial charge on any atom is 0.416 e. The molecular formula is C31H28F3N7O2. The van der Waals surface area contributed by atoms with Gasteiger partial charge in [-0.1, -0.05) is 35.5 Å². The molecule has 1 atom stereocenters. The number of carbonyl (C=O) groups is 1. The molecule has 0 radical (unpaired) electrons. The van der Waals surface area contributed by atoms with E-state index < -0.39 is 17.8 Å². The van der Waals surface area contributed by atoms with Crippen LogP contribution in [0.1, 0.15) is 29.7 Å². The number of hydrogen-bond acceptors (Lipinski definition) is 7. The zero-order chi connectivity index (χ0) is 30.4. The van der Waals surface area contributed by atoms with Crippen LogP contribution in [0.4, 0.5) is 24.8 Å². The number of para-hydroxylation sites is 1. The van der Waals surface area contributed by atoms with Crippen LogP contribution in [-0.2, 0) is 17.4 Å². The van der Waals surface area contributed by atoms with E-state index in [4.69, 9.17) is 4.74 Å². The Labute approximate surface area is 245 Å². The number of hydrogen-bond donors (Lipinski definition) is 2. The second kappa shape index (κ2) is 12.7. The number of aromatic nitrogens is 5. The summed E-state index contributed by atoms with van der Waals surface area (Å²) in [6, 6.07) is 21.8. The van der Waals surface area contributed by atoms with Gasteiger partial charge in [0.2, 0.25) is 5.91 Å². The minimum Gasteiger partial charge on any atom is -0.457 e. The van der Waals surface area contributed by atoms with E-state index in [0.717, 1.165) is 41.0 Å². The van der Waals surface area contributed by atoms with Gasteiger partial charge in [0.15, 0.2) is 0 Å². The second-order valence-corrected chi connectivity index (χ2v) is 9.83. The molecule has 0 saturated carbocycles. The number of benzene rings is 2. The maximum absolute atomic E-state index is 13.1.